The molecule has 1 unspecified atom stereocenters. The van der Waals surface area contributed by atoms with Gasteiger partial charge in [-0.05, 0) is 44.9 Å². The number of likely N-dealkylation sites (N-methyl/N-ethyl adjacent to an activating group) is 1. The second-order valence-corrected chi connectivity index (χ2v) is 7.30. The van der Waals surface area contributed by atoms with Crippen LogP contribution in [0, 0.1) is 5.92 Å². The van der Waals surface area contributed by atoms with Crippen LogP contribution in [0.15, 0.2) is 24.3 Å². The fourth-order valence-corrected chi connectivity index (χ4v) is 3.68. The minimum Gasteiger partial charge on any atom is -0.393 e. The van der Waals surface area contributed by atoms with Crippen molar-refractivity contribution in [3.05, 3.63) is 24.3 Å². The molecule has 1 aromatic rings. The first kappa shape index (κ1) is 18.0. The van der Waals surface area contributed by atoms with Crippen molar-refractivity contribution in [2.75, 3.05) is 56.5 Å². The lowest BCUT2D eigenvalue weighted by Crippen LogP contribution is -2.45. The molecular formula is C19H30N4O2. The number of nitrogens with zero attached hydrogens (tertiary/aromatic N) is 3. The first-order valence-corrected chi connectivity index (χ1v) is 9.31. The number of para-hydroxylation sites is 2. The largest absolute Gasteiger partial charge is 0.393 e. The van der Waals surface area contributed by atoms with Gasteiger partial charge in [0, 0.05) is 39.3 Å². The number of benzene rings is 1. The van der Waals surface area contributed by atoms with E-state index in [1.807, 2.05) is 30.0 Å². The molecule has 3 rings (SSSR count). The minimum atomic E-state index is -0.289. The van der Waals surface area contributed by atoms with E-state index in [0.717, 1.165) is 50.4 Å². The number of aliphatic hydroxyl groups excluding tert-OH is 1. The number of aliphatic hydroxyl groups is 1. The van der Waals surface area contributed by atoms with E-state index in [0.29, 0.717) is 19.0 Å². The Balaban J connectivity index is 1.62. The fourth-order valence-electron chi connectivity index (χ4n) is 3.68. The summed E-state index contributed by atoms with van der Waals surface area (Å²) in [4.78, 5) is 19.2. The van der Waals surface area contributed by atoms with Crippen LogP contribution in [-0.4, -0.2) is 73.4 Å². The van der Waals surface area contributed by atoms with Gasteiger partial charge in [-0.3, -0.25) is 0 Å². The second kappa shape index (κ2) is 8.06. The maximum absolute atomic E-state index is 12.7. The lowest BCUT2D eigenvalue weighted by atomic mass is 9.92. The first-order valence-electron chi connectivity index (χ1n) is 9.31. The van der Waals surface area contributed by atoms with Crippen LogP contribution in [0.2, 0.25) is 0 Å². The van der Waals surface area contributed by atoms with Crippen LogP contribution >= 0.6 is 0 Å². The third kappa shape index (κ3) is 4.44. The number of piperidine rings is 1. The molecule has 2 saturated heterocycles. The van der Waals surface area contributed by atoms with E-state index >= 15 is 0 Å². The zero-order chi connectivity index (χ0) is 17.8. The van der Waals surface area contributed by atoms with Crippen LogP contribution < -0.4 is 10.2 Å². The van der Waals surface area contributed by atoms with Crippen LogP contribution in [0.1, 0.15) is 19.8 Å². The van der Waals surface area contributed by atoms with Gasteiger partial charge in [0.05, 0.1) is 17.5 Å². The molecular weight excluding hydrogens is 316 g/mol. The fraction of sp³-hybridized carbons (Fsp3) is 0.632. The summed E-state index contributed by atoms with van der Waals surface area (Å²) in [5, 5.41) is 12.8. The highest BCUT2D eigenvalue weighted by atomic mass is 16.3. The molecule has 6 nitrogen and oxygen atoms in total. The van der Waals surface area contributed by atoms with Gasteiger partial charge in [-0.1, -0.05) is 12.1 Å². The highest BCUT2D eigenvalue weighted by Gasteiger charge is 2.26. The summed E-state index contributed by atoms with van der Waals surface area (Å²) in [6, 6.07) is 8.02. The Morgan fingerprint density at radius 1 is 1.12 bits per heavy atom. The lowest BCUT2D eigenvalue weighted by molar-refractivity contribution is 0.0820. The number of anilines is 2. The number of carbonyl (C=O) groups is 1. The Kier molecular flexibility index (Phi) is 5.81. The number of hydrogen-bond donors (Lipinski definition) is 2. The van der Waals surface area contributed by atoms with Crippen molar-refractivity contribution in [1.82, 2.24) is 9.80 Å². The second-order valence-electron chi connectivity index (χ2n) is 7.30. The Bertz CT molecular complexity index is 577. The molecule has 0 aromatic heterocycles. The third-order valence-corrected chi connectivity index (χ3v) is 5.50. The van der Waals surface area contributed by atoms with Gasteiger partial charge in [0.25, 0.3) is 0 Å². The standard InChI is InChI=1S/C19H30N4O2/c1-15(24)16-7-9-23(10-8-16)19(25)20-17-5-3-4-6-18(17)22-13-11-21(2)12-14-22/h3-6,15-16,24H,7-14H2,1-2H3,(H,20,25). The molecule has 138 valence electrons. The highest BCUT2D eigenvalue weighted by molar-refractivity contribution is 5.93. The van der Waals surface area contributed by atoms with Crippen molar-refractivity contribution in [1.29, 1.82) is 0 Å². The predicted molar refractivity (Wildman–Crippen MR) is 101 cm³/mol. The molecule has 2 heterocycles. The van der Waals surface area contributed by atoms with Gasteiger partial charge in [0.2, 0.25) is 0 Å². The Morgan fingerprint density at radius 2 is 1.76 bits per heavy atom. The molecule has 2 amide bonds. The number of rotatable bonds is 3. The third-order valence-electron chi connectivity index (χ3n) is 5.50. The summed E-state index contributed by atoms with van der Waals surface area (Å²) in [5.74, 6) is 0.307. The molecule has 0 spiro atoms. The van der Waals surface area contributed by atoms with Gasteiger partial charge in [0.15, 0.2) is 0 Å². The monoisotopic (exact) mass is 346 g/mol. The smallest absolute Gasteiger partial charge is 0.321 e. The van der Waals surface area contributed by atoms with Gasteiger partial charge in [-0.2, -0.15) is 0 Å². The molecule has 0 saturated carbocycles. The van der Waals surface area contributed by atoms with E-state index in [4.69, 9.17) is 0 Å². The summed E-state index contributed by atoms with van der Waals surface area (Å²) >= 11 is 0. The van der Waals surface area contributed by atoms with E-state index in [-0.39, 0.29) is 12.1 Å². The molecule has 1 aromatic carbocycles. The lowest BCUT2D eigenvalue weighted by Gasteiger charge is -2.36. The zero-order valence-corrected chi connectivity index (χ0v) is 15.3. The number of hydrogen-bond acceptors (Lipinski definition) is 4. The Labute approximate surface area is 150 Å². The Morgan fingerprint density at radius 3 is 2.40 bits per heavy atom. The summed E-state index contributed by atoms with van der Waals surface area (Å²) in [6.07, 6.45) is 1.44. The highest BCUT2D eigenvalue weighted by Crippen LogP contribution is 2.27. The number of amides is 2. The van der Waals surface area contributed by atoms with E-state index in [1.54, 1.807) is 0 Å². The number of likely N-dealkylation sites (tertiary alicyclic amines) is 1. The SMILES string of the molecule is CC(O)C1CCN(C(=O)Nc2ccccc2N2CCN(C)CC2)CC1. The van der Waals surface area contributed by atoms with Crippen LogP contribution in [0.4, 0.5) is 16.2 Å². The number of carbonyl (C=O) groups excluding carboxylic acids is 1. The average molecular weight is 346 g/mol. The summed E-state index contributed by atoms with van der Waals surface area (Å²) in [7, 11) is 2.14. The van der Waals surface area contributed by atoms with E-state index in [2.05, 4.69) is 28.2 Å². The molecule has 25 heavy (non-hydrogen) atoms. The Hall–Kier alpha value is -1.79. The van der Waals surface area contributed by atoms with Crippen molar-refractivity contribution >= 4 is 17.4 Å². The molecule has 1 atom stereocenters. The van der Waals surface area contributed by atoms with Gasteiger partial charge in [0.1, 0.15) is 0 Å². The molecule has 2 fully saturated rings. The number of nitrogens with one attached hydrogen (secondary N) is 1. The summed E-state index contributed by atoms with van der Waals surface area (Å²) in [6.45, 7) is 7.28. The topological polar surface area (TPSA) is 59.1 Å². The zero-order valence-electron chi connectivity index (χ0n) is 15.3. The number of piperazine rings is 1. The van der Waals surface area contributed by atoms with Gasteiger partial charge in [-0.25, -0.2) is 4.79 Å². The minimum absolute atomic E-state index is 0.0365. The predicted octanol–water partition coefficient (Wildman–Crippen LogP) is 2.06. The maximum Gasteiger partial charge on any atom is 0.321 e. The molecule has 0 aliphatic carbocycles. The van der Waals surface area contributed by atoms with Crippen molar-refractivity contribution in [2.24, 2.45) is 5.92 Å². The van der Waals surface area contributed by atoms with Crippen LogP contribution in [0.5, 0.6) is 0 Å². The van der Waals surface area contributed by atoms with Gasteiger partial charge < -0.3 is 25.1 Å². The van der Waals surface area contributed by atoms with Crippen molar-refractivity contribution in [3.8, 4) is 0 Å². The van der Waals surface area contributed by atoms with Gasteiger partial charge >= 0.3 is 6.03 Å². The molecule has 0 bridgehead atoms. The normalized spacial score (nSPS) is 21.2. The van der Waals surface area contributed by atoms with Crippen LogP contribution in [0.25, 0.3) is 0 Å². The van der Waals surface area contributed by atoms with E-state index in [9.17, 15) is 9.90 Å². The van der Waals surface area contributed by atoms with Crippen molar-refractivity contribution in [2.45, 2.75) is 25.9 Å². The van der Waals surface area contributed by atoms with Gasteiger partial charge in [-0.15, -0.1) is 0 Å². The summed E-state index contributed by atoms with van der Waals surface area (Å²) in [5.41, 5.74) is 1.98. The van der Waals surface area contributed by atoms with Crippen LogP contribution in [0.3, 0.4) is 0 Å². The molecule has 6 heteroatoms. The quantitative estimate of drug-likeness (QED) is 0.880. The van der Waals surface area contributed by atoms with E-state index in [1.165, 1.54) is 0 Å². The first-order chi connectivity index (χ1) is 12.0. The average Bonchev–Trinajstić information content (AvgIpc) is 2.63. The van der Waals surface area contributed by atoms with Crippen LogP contribution in [-0.2, 0) is 0 Å². The molecule has 2 aliphatic rings. The molecule has 0 radical (unpaired) electrons. The van der Waals surface area contributed by atoms with E-state index < -0.39 is 0 Å². The van der Waals surface area contributed by atoms with Crippen molar-refractivity contribution < 1.29 is 9.90 Å². The maximum atomic E-state index is 12.7. The summed E-state index contributed by atoms with van der Waals surface area (Å²) < 4.78 is 0. The molecule has 2 aliphatic heterocycles. The van der Waals surface area contributed by atoms with Crippen molar-refractivity contribution in [3.63, 3.8) is 0 Å². The molecule has 2 N–H and O–H groups in total. The number of urea groups is 1.